The van der Waals surface area contributed by atoms with Gasteiger partial charge in [-0.2, -0.15) is 0 Å². The fourth-order valence-corrected chi connectivity index (χ4v) is 3.52. The Hall–Kier alpha value is -3.04. The van der Waals surface area contributed by atoms with Gasteiger partial charge in [0.25, 0.3) is 0 Å². The number of halogens is 1. The predicted octanol–water partition coefficient (Wildman–Crippen LogP) is 6.22. The van der Waals surface area contributed by atoms with Gasteiger partial charge in [-0.15, -0.1) is 11.6 Å². The molecule has 0 fully saturated rings. The summed E-state index contributed by atoms with van der Waals surface area (Å²) in [6.45, 7) is 1.94. The Bertz CT molecular complexity index is 964. The first-order chi connectivity index (χ1) is 14.7. The van der Waals surface area contributed by atoms with Crippen molar-refractivity contribution < 1.29 is 14.3 Å². The van der Waals surface area contributed by atoms with Crippen molar-refractivity contribution in [2.24, 2.45) is 0 Å². The highest BCUT2D eigenvalue weighted by atomic mass is 35.5. The Morgan fingerprint density at radius 1 is 0.767 bits per heavy atom. The molecule has 0 bridgehead atoms. The molecule has 3 nitrogen and oxygen atoms in total. The number of benzene rings is 3. The van der Waals surface area contributed by atoms with Crippen LogP contribution >= 0.6 is 11.6 Å². The highest BCUT2D eigenvalue weighted by Crippen LogP contribution is 2.35. The van der Waals surface area contributed by atoms with Crippen LogP contribution in [0.15, 0.2) is 84.9 Å². The van der Waals surface area contributed by atoms with Crippen molar-refractivity contribution in [3.8, 4) is 5.75 Å². The van der Waals surface area contributed by atoms with Gasteiger partial charge >= 0.3 is 5.97 Å². The molecule has 0 atom stereocenters. The standard InChI is InChI=1S/C26H25ClO3/c1-20(28)29-18-19-30-24-14-12-23(13-15-24)26(22-10-6-3-7-11-22)25(16-17-27)21-8-4-2-5-9-21/h2-15H,16-19H2,1H3. The van der Waals surface area contributed by atoms with Gasteiger partial charge in [-0.05, 0) is 46.4 Å². The Morgan fingerprint density at radius 2 is 1.33 bits per heavy atom. The van der Waals surface area contributed by atoms with Gasteiger partial charge in [-0.25, -0.2) is 0 Å². The molecule has 0 saturated carbocycles. The lowest BCUT2D eigenvalue weighted by Crippen LogP contribution is -2.09. The number of esters is 1. The van der Waals surface area contributed by atoms with Gasteiger partial charge in [0, 0.05) is 12.8 Å². The smallest absolute Gasteiger partial charge is 0.302 e. The number of hydrogen-bond donors (Lipinski definition) is 0. The van der Waals surface area contributed by atoms with Crippen LogP contribution in [-0.4, -0.2) is 25.1 Å². The van der Waals surface area contributed by atoms with Crippen LogP contribution in [0.2, 0.25) is 0 Å². The SMILES string of the molecule is CC(=O)OCCOc1ccc(C(=C(CCCl)c2ccccc2)c2ccccc2)cc1. The van der Waals surface area contributed by atoms with E-state index >= 15 is 0 Å². The van der Waals surface area contributed by atoms with Crippen molar-refractivity contribution in [2.45, 2.75) is 13.3 Å². The number of ether oxygens (including phenoxy) is 2. The van der Waals surface area contributed by atoms with Crippen molar-refractivity contribution in [2.75, 3.05) is 19.1 Å². The molecule has 30 heavy (non-hydrogen) atoms. The van der Waals surface area contributed by atoms with Gasteiger partial charge in [-0.1, -0.05) is 72.8 Å². The first kappa shape index (κ1) is 21.7. The molecule has 3 aromatic rings. The fourth-order valence-electron chi connectivity index (χ4n) is 3.33. The lowest BCUT2D eigenvalue weighted by Gasteiger charge is -2.17. The molecule has 3 aromatic carbocycles. The van der Waals surface area contributed by atoms with Gasteiger partial charge in [-0.3, -0.25) is 4.79 Å². The van der Waals surface area contributed by atoms with E-state index in [1.807, 2.05) is 48.5 Å². The zero-order valence-electron chi connectivity index (χ0n) is 17.0. The molecule has 0 heterocycles. The third-order valence-electron chi connectivity index (χ3n) is 4.63. The summed E-state index contributed by atoms with van der Waals surface area (Å²) in [5.74, 6) is 0.967. The van der Waals surface area contributed by atoms with E-state index in [2.05, 4.69) is 36.4 Å². The summed E-state index contributed by atoms with van der Waals surface area (Å²) in [5.41, 5.74) is 5.77. The molecular weight excluding hydrogens is 396 g/mol. The molecule has 0 unspecified atom stereocenters. The van der Waals surface area contributed by atoms with Crippen molar-refractivity contribution in [3.63, 3.8) is 0 Å². The minimum absolute atomic E-state index is 0.236. The van der Waals surface area contributed by atoms with Gasteiger partial charge in [0.1, 0.15) is 19.0 Å². The molecule has 0 aliphatic rings. The van der Waals surface area contributed by atoms with E-state index in [1.54, 1.807) is 0 Å². The van der Waals surface area contributed by atoms with Crippen LogP contribution in [0.25, 0.3) is 11.1 Å². The van der Waals surface area contributed by atoms with Crippen molar-refractivity contribution >= 4 is 28.7 Å². The van der Waals surface area contributed by atoms with E-state index < -0.39 is 0 Å². The lowest BCUT2D eigenvalue weighted by atomic mass is 9.88. The number of allylic oxidation sites excluding steroid dienone is 1. The summed E-state index contributed by atoms with van der Waals surface area (Å²) in [4.78, 5) is 10.9. The van der Waals surface area contributed by atoms with Crippen LogP contribution in [0.1, 0.15) is 30.0 Å². The first-order valence-electron chi connectivity index (χ1n) is 9.95. The van der Waals surface area contributed by atoms with Crippen LogP contribution < -0.4 is 4.74 Å². The largest absolute Gasteiger partial charge is 0.490 e. The Labute approximate surface area is 182 Å². The molecule has 0 aliphatic heterocycles. The third kappa shape index (κ3) is 5.98. The molecule has 0 amide bonds. The highest BCUT2D eigenvalue weighted by molar-refractivity contribution is 6.18. The molecule has 0 aromatic heterocycles. The Balaban J connectivity index is 1.96. The summed E-state index contributed by atoms with van der Waals surface area (Å²) < 4.78 is 10.6. The Kier molecular flexibility index (Phi) is 8.10. The average Bonchev–Trinajstić information content (AvgIpc) is 2.78. The summed E-state index contributed by atoms with van der Waals surface area (Å²) in [7, 11) is 0. The summed E-state index contributed by atoms with van der Waals surface area (Å²) in [6, 6.07) is 28.7. The number of rotatable bonds is 9. The van der Waals surface area contributed by atoms with E-state index in [1.165, 1.54) is 18.1 Å². The molecule has 4 heteroatoms. The number of alkyl halides is 1. The number of hydrogen-bond acceptors (Lipinski definition) is 3. The quantitative estimate of drug-likeness (QED) is 0.178. The van der Waals surface area contributed by atoms with Crippen molar-refractivity contribution in [1.82, 2.24) is 0 Å². The molecule has 0 N–H and O–H groups in total. The second-order valence-corrected chi connectivity index (χ2v) is 7.12. The van der Waals surface area contributed by atoms with E-state index in [0.29, 0.717) is 12.5 Å². The van der Waals surface area contributed by atoms with Crippen LogP contribution in [-0.2, 0) is 9.53 Å². The third-order valence-corrected chi connectivity index (χ3v) is 4.82. The molecule has 0 radical (unpaired) electrons. The van der Waals surface area contributed by atoms with E-state index in [9.17, 15) is 4.79 Å². The van der Waals surface area contributed by atoms with E-state index in [-0.39, 0.29) is 12.6 Å². The minimum Gasteiger partial charge on any atom is -0.490 e. The minimum atomic E-state index is -0.306. The van der Waals surface area contributed by atoms with Gasteiger partial charge in [0.15, 0.2) is 0 Å². The molecule has 0 aliphatic carbocycles. The van der Waals surface area contributed by atoms with Crippen LogP contribution in [0.5, 0.6) is 5.75 Å². The highest BCUT2D eigenvalue weighted by Gasteiger charge is 2.14. The predicted molar refractivity (Wildman–Crippen MR) is 123 cm³/mol. The number of carbonyl (C=O) groups is 1. The fraction of sp³-hybridized carbons (Fsp3) is 0.192. The molecule has 0 spiro atoms. The zero-order chi connectivity index (χ0) is 21.2. The second kappa shape index (κ2) is 11.2. The molecule has 3 rings (SSSR count). The normalized spacial score (nSPS) is 11.5. The van der Waals surface area contributed by atoms with Gasteiger partial charge < -0.3 is 9.47 Å². The second-order valence-electron chi connectivity index (χ2n) is 6.74. The maximum absolute atomic E-state index is 10.9. The Morgan fingerprint density at radius 3 is 1.90 bits per heavy atom. The van der Waals surface area contributed by atoms with Crippen LogP contribution in [0.4, 0.5) is 0 Å². The summed E-state index contributed by atoms with van der Waals surface area (Å²) in [6.07, 6.45) is 0.760. The maximum atomic E-state index is 10.9. The zero-order valence-corrected chi connectivity index (χ0v) is 17.8. The first-order valence-corrected chi connectivity index (χ1v) is 10.5. The van der Waals surface area contributed by atoms with Crippen molar-refractivity contribution in [1.29, 1.82) is 0 Å². The van der Waals surface area contributed by atoms with E-state index in [4.69, 9.17) is 21.1 Å². The van der Waals surface area contributed by atoms with E-state index in [0.717, 1.165) is 28.9 Å². The maximum Gasteiger partial charge on any atom is 0.302 e. The summed E-state index contributed by atoms with van der Waals surface area (Å²) in [5, 5.41) is 0. The van der Waals surface area contributed by atoms with Gasteiger partial charge in [0.2, 0.25) is 0 Å². The van der Waals surface area contributed by atoms with Crippen LogP contribution in [0, 0.1) is 0 Å². The average molecular weight is 421 g/mol. The van der Waals surface area contributed by atoms with Crippen LogP contribution in [0.3, 0.4) is 0 Å². The summed E-state index contributed by atoms with van der Waals surface area (Å²) >= 11 is 6.19. The molecule has 154 valence electrons. The lowest BCUT2D eigenvalue weighted by molar-refractivity contribution is -0.141. The van der Waals surface area contributed by atoms with Gasteiger partial charge in [0.05, 0.1) is 0 Å². The molecule has 0 saturated heterocycles. The monoisotopic (exact) mass is 420 g/mol. The topological polar surface area (TPSA) is 35.5 Å². The molecular formula is C26H25ClO3. The van der Waals surface area contributed by atoms with Crippen molar-refractivity contribution in [3.05, 3.63) is 102 Å². The number of carbonyl (C=O) groups excluding carboxylic acids is 1.